The van der Waals surface area contributed by atoms with E-state index in [2.05, 4.69) is 29.7 Å². The average Bonchev–Trinajstić information content (AvgIpc) is 3.24. The molecule has 1 N–H and O–H groups in total. The Kier molecular flexibility index (Phi) is 8.65. The molecular formula is C24H35FN4O5Si. The van der Waals surface area contributed by atoms with Gasteiger partial charge in [-0.15, -0.1) is 0 Å². The lowest BCUT2D eigenvalue weighted by atomic mass is 9.89. The average molecular weight is 507 g/mol. The fourth-order valence-electron chi connectivity index (χ4n) is 4.17. The minimum Gasteiger partial charge on any atom is -0.481 e. The van der Waals surface area contributed by atoms with Gasteiger partial charge in [0.05, 0.1) is 24.9 Å². The third-order valence-corrected chi connectivity index (χ3v) is 8.03. The number of aliphatic carboxylic acids is 1. The van der Waals surface area contributed by atoms with Crippen molar-refractivity contribution in [2.24, 2.45) is 5.92 Å². The molecule has 0 aromatic carbocycles. The van der Waals surface area contributed by atoms with Crippen molar-refractivity contribution < 1.29 is 28.6 Å². The van der Waals surface area contributed by atoms with Gasteiger partial charge in [-0.25, -0.2) is 14.1 Å². The maximum Gasteiger partial charge on any atom is 0.306 e. The summed E-state index contributed by atoms with van der Waals surface area (Å²) in [4.78, 5) is 30.5. The molecule has 2 aromatic heterocycles. The maximum atomic E-state index is 14.8. The molecule has 0 bridgehead atoms. The number of methoxy groups -OCH3 is 1. The number of carboxylic acid groups (broad SMARTS) is 1. The fraction of sp³-hybridized carbons (Fsp3) is 0.583. The predicted molar refractivity (Wildman–Crippen MR) is 132 cm³/mol. The number of hydrogen-bond donors (Lipinski definition) is 1. The van der Waals surface area contributed by atoms with Gasteiger partial charge in [-0.3, -0.25) is 9.59 Å². The summed E-state index contributed by atoms with van der Waals surface area (Å²) in [5.74, 6) is -1.93. The molecule has 9 nitrogen and oxygen atoms in total. The predicted octanol–water partition coefficient (Wildman–Crippen LogP) is 4.12. The number of halogens is 1. The standard InChI is InChI=1S/C24H35FN4O5Si/c1-6-17-11-16(24(31)32)7-8-28(17)23(30)20-13-21(18-12-22(33-2)26-14-19(18)25)29(27-20)15-34-9-10-35(3,4)5/h12-14,16-17H,6-11,15H2,1-5H3,(H,31,32). The number of likely N-dealkylation sites (tertiary alicyclic amines) is 1. The van der Waals surface area contributed by atoms with E-state index in [-0.39, 0.29) is 35.8 Å². The molecule has 2 atom stereocenters. The third kappa shape index (κ3) is 6.66. The van der Waals surface area contributed by atoms with Crippen LogP contribution < -0.4 is 4.74 Å². The summed E-state index contributed by atoms with van der Waals surface area (Å²) in [5, 5.41) is 13.9. The molecule has 2 aromatic rings. The van der Waals surface area contributed by atoms with E-state index in [1.807, 2.05) is 6.92 Å². The van der Waals surface area contributed by atoms with Crippen LogP contribution in [0, 0.1) is 11.7 Å². The van der Waals surface area contributed by atoms with Crippen LogP contribution in [0.25, 0.3) is 11.3 Å². The molecular weight excluding hydrogens is 471 g/mol. The summed E-state index contributed by atoms with van der Waals surface area (Å²) in [5.41, 5.74) is 0.748. The molecule has 1 saturated heterocycles. The van der Waals surface area contributed by atoms with E-state index in [4.69, 9.17) is 9.47 Å². The lowest BCUT2D eigenvalue weighted by Crippen LogP contribution is -2.47. The van der Waals surface area contributed by atoms with Crippen molar-refractivity contribution >= 4 is 20.0 Å². The van der Waals surface area contributed by atoms with Gasteiger partial charge in [-0.1, -0.05) is 26.6 Å². The lowest BCUT2D eigenvalue weighted by molar-refractivity contribution is -0.143. The number of amides is 1. The van der Waals surface area contributed by atoms with Crippen molar-refractivity contribution in [1.29, 1.82) is 0 Å². The van der Waals surface area contributed by atoms with Gasteiger partial charge < -0.3 is 19.5 Å². The Labute approximate surface area is 206 Å². The summed E-state index contributed by atoms with van der Waals surface area (Å²) in [7, 11) is 0.149. The number of carbonyl (C=O) groups is 2. The van der Waals surface area contributed by atoms with Gasteiger partial charge in [-0.2, -0.15) is 5.10 Å². The number of nitrogens with zero attached hydrogens (tertiary/aromatic N) is 4. The highest BCUT2D eigenvalue weighted by molar-refractivity contribution is 6.76. The van der Waals surface area contributed by atoms with Crippen LogP contribution in [-0.2, 0) is 16.3 Å². The Hall–Kier alpha value is -2.79. The van der Waals surface area contributed by atoms with Gasteiger partial charge in [0, 0.05) is 38.9 Å². The fourth-order valence-corrected chi connectivity index (χ4v) is 4.93. The third-order valence-electron chi connectivity index (χ3n) is 6.32. The van der Waals surface area contributed by atoms with E-state index in [1.54, 1.807) is 11.0 Å². The first-order chi connectivity index (χ1) is 16.5. The van der Waals surface area contributed by atoms with E-state index in [9.17, 15) is 19.1 Å². The minimum absolute atomic E-state index is 0.0649. The number of ether oxygens (including phenoxy) is 2. The number of pyridine rings is 1. The van der Waals surface area contributed by atoms with Crippen molar-refractivity contribution in [3.8, 4) is 17.1 Å². The largest absolute Gasteiger partial charge is 0.481 e. The summed E-state index contributed by atoms with van der Waals surface area (Å²) in [6, 6.07) is 3.78. The smallest absolute Gasteiger partial charge is 0.306 e. The topological polar surface area (TPSA) is 107 Å². The van der Waals surface area contributed by atoms with E-state index < -0.39 is 25.8 Å². The lowest BCUT2D eigenvalue weighted by Gasteiger charge is -2.37. The zero-order chi connectivity index (χ0) is 25.8. The molecule has 3 heterocycles. The Morgan fingerprint density at radius 1 is 1.29 bits per heavy atom. The molecule has 0 spiro atoms. The van der Waals surface area contributed by atoms with Crippen LogP contribution in [-0.4, -0.2) is 71.0 Å². The second-order valence-electron chi connectivity index (χ2n) is 10.1. The van der Waals surface area contributed by atoms with Crippen molar-refractivity contribution in [1.82, 2.24) is 19.7 Å². The normalized spacial score (nSPS) is 18.5. The Morgan fingerprint density at radius 3 is 2.66 bits per heavy atom. The number of piperidine rings is 1. The zero-order valence-electron chi connectivity index (χ0n) is 21.1. The maximum absolute atomic E-state index is 14.8. The molecule has 1 fully saturated rings. The first kappa shape index (κ1) is 26.8. The first-order valence-corrected chi connectivity index (χ1v) is 15.6. The van der Waals surface area contributed by atoms with Crippen LogP contribution in [0.2, 0.25) is 25.7 Å². The molecule has 1 aliphatic heterocycles. The van der Waals surface area contributed by atoms with Crippen LogP contribution in [0.1, 0.15) is 36.7 Å². The second-order valence-corrected chi connectivity index (χ2v) is 15.7. The Morgan fingerprint density at radius 2 is 2.03 bits per heavy atom. The van der Waals surface area contributed by atoms with Gasteiger partial charge >= 0.3 is 5.97 Å². The van der Waals surface area contributed by atoms with Gasteiger partial charge in [0.1, 0.15) is 6.73 Å². The first-order valence-electron chi connectivity index (χ1n) is 11.9. The molecule has 1 amide bonds. The molecule has 1 aliphatic rings. The van der Waals surface area contributed by atoms with E-state index in [0.717, 1.165) is 12.2 Å². The van der Waals surface area contributed by atoms with E-state index in [0.29, 0.717) is 38.1 Å². The molecule has 0 saturated carbocycles. The van der Waals surface area contributed by atoms with E-state index >= 15 is 0 Å². The highest BCUT2D eigenvalue weighted by Gasteiger charge is 2.35. The summed E-state index contributed by atoms with van der Waals surface area (Å²) in [6.45, 7) is 9.63. The minimum atomic E-state index is -1.30. The van der Waals surface area contributed by atoms with Crippen LogP contribution in [0.3, 0.4) is 0 Å². The molecule has 2 unspecified atom stereocenters. The van der Waals surface area contributed by atoms with Gasteiger partial charge in [0.15, 0.2) is 11.5 Å². The van der Waals surface area contributed by atoms with Crippen molar-refractivity contribution in [2.75, 3.05) is 20.3 Å². The molecule has 3 rings (SSSR count). The summed E-state index contributed by atoms with van der Waals surface area (Å²) in [6.07, 6.45) is 2.50. The van der Waals surface area contributed by atoms with Crippen molar-refractivity contribution in [3.05, 3.63) is 29.8 Å². The summed E-state index contributed by atoms with van der Waals surface area (Å²) >= 11 is 0. The zero-order valence-corrected chi connectivity index (χ0v) is 22.1. The molecule has 192 valence electrons. The van der Waals surface area contributed by atoms with Crippen molar-refractivity contribution in [2.45, 2.75) is 64.6 Å². The number of carbonyl (C=O) groups excluding carboxylic acids is 1. The van der Waals surface area contributed by atoms with Crippen LogP contribution >= 0.6 is 0 Å². The van der Waals surface area contributed by atoms with Crippen LogP contribution in [0.15, 0.2) is 18.3 Å². The monoisotopic (exact) mass is 506 g/mol. The molecule has 11 heteroatoms. The highest BCUT2D eigenvalue weighted by Crippen LogP contribution is 2.30. The highest BCUT2D eigenvalue weighted by atomic mass is 28.3. The SMILES string of the molecule is CCC1CC(C(=O)O)CCN1C(=O)c1cc(-c2cc(OC)ncc2F)n(COCC[Si](C)(C)C)n1. The number of carboxylic acids is 1. The van der Waals surface area contributed by atoms with Gasteiger partial charge in [0.2, 0.25) is 5.88 Å². The number of aromatic nitrogens is 3. The Balaban J connectivity index is 1.91. The van der Waals surface area contributed by atoms with Crippen LogP contribution in [0.5, 0.6) is 5.88 Å². The molecule has 35 heavy (non-hydrogen) atoms. The van der Waals surface area contributed by atoms with Crippen LogP contribution in [0.4, 0.5) is 4.39 Å². The van der Waals surface area contributed by atoms with E-state index in [1.165, 1.54) is 17.9 Å². The quantitative estimate of drug-likeness (QED) is 0.382. The second kappa shape index (κ2) is 11.3. The Bertz CT molecular complexity index is 1060. The molecule has 0 radical (unpaired) electrons. The van der Waals surface area contributed by atoms with Gasteiger partial charge in [0.25, 0.3) is 5.91 Å². The molecule has 0 aliphatic carbocycles. The number of rotatable bonds is 10. The van der Waals surface area contributed by atoms with Crippen molar-refractivity contribution in [3.63, 3.8) is 0 Å². The number of hydrogen-bond acceptors (Lipinski definition) is 6. The van der Waals surface area contributed by atoms with Gasteiger partial charge in [-0.05, 0) is 31.4 Å². The summed E-state index contributed by atoms with van der Waals surface area (Å²) < 4.78 is 27.3.